The molecule has 0 heterocycles. The van der Waals surface area contributed by atoms with Gasteiger partial charge in [-0.05, 0) is 27.2 Å². The molecule has 0 aromatic carbocycles. The van der Waals surface area contributed by atoms with Gasteiger partial charge < -0.3 is 9.53 Å². The third-order valence-corrected chi connectivity index (χ3v) is 1.45. The lowest BCUT2D eigenvalue weighted by Crippen LogP contribution is -2.31. The molecule has 0 fully saturated rings. The molecular weight excluding hydrogens is 198 g/mol. The summed E-state index contributed by atoms with van der Waals surface area (Å²) in [4.78, 5) is 34.9. The molecule has 5 heteroatoms. The summed E-state index contributed by atoms with van der Waals surface area (Å²) in [5, 5.41) is 0. The first-order valence-electron chi connectivity index (χ1n) is 4.64. The van der Waals surface area contributed by atoms with E-state index in [-0.39, 0.29) is 12.8 Å². The van der Waals surface area contributed by atoms with Gasteiger partial charge in [-0.3, -0.25) is 0 Å². The van der Waals surface area contributed by atoms with Crippen molar-refractivity contribution in [1.29, 1.82) is 0 Å². The molecule has 0 aliphatic carbocycles. The molecule has 0 spiro atoms. The Morgan fingerprint density at radius 2 is 2.13 bits per heavy atom. The van der Waals surface area contributed by atoms with Gasteiger partial charge in [-0.2, -0.15) is 4.99 Å². The van der Waals surface area contributed by atoms with Gasteiger partial charge >= 0.3 is 5.97 Å². The summed E-state index contributed by atoms with van der Waals surface area (Å²) in [6.07, 6.45) is 2.30. The Labute approximate surface area is 88.5 Å². The van der Waals surface area contributed by atoms with Crippen molar-refractivity contribution in [3.05, 3.63) is 0 Å². The smallest absolute Gasteiger partial charge is 0.332 e. The van der Waals surface area contributed by atoms with Gasteiger partial charge in [0, 0.05) is 6.42 Å². The molecule has 1 unspecified atom stereocenters. The van der Waals surface area contributed by atoms with E-state index in [9.17, 15) is 14.4 Å². The SMILES string of the molecule is CC(C)(C)OC(=O)C(CCC=O)N=C=O. The molecule has 0 aliphatic heterocycles. The summed E-state index contributed by atoms with van der Waals surface area (Å²) in [6, 6.07) is -0.924. The Hall–Kier alpha value is -1.48. The van der Waals surface area contributed by atoms with Crippen molar-refractivity contribution in [1.82, 2.24) is 0 Å². The lowest BCUT2D eigenvalue weighted by atomic mass is 10.1. The van der Waals surface area contributed by atoms with Crippen LogP contribution in [0.25, 0.3) is 0 Å². The van der Waals surface area contributed by atoms with Crippen LogP contribution in [-0.4, -0.2) is 30.0 Å². The van der Waals surface area contributed by atoms with Gasteiger partial charge in [0.2, 0.25) is 6.08 Å². The molecule has 1 atom stereocenters. The summed E-state index contributed by atoms with van der Waals surface area (Å²) < 4.78 is 5.02. The predicted octanol–water partition coefficient (Wildman–Crippen LogP) is 1.01. The van der Waals surface area contributed by atoms with Gasteiger partial charge in [-0.25, -0.2) is 9.59 Å². The van der Waals surface area contributed by atoms with Crippen LogP contribution in [0.3, 0.4) is 0 Å². The topological polar surface area (TPSA) is 72.8 Å². The zero-order valence-electron chi connectivity index (χ0n) is 9.15. The highest BCUT2D eigenvalue weighted by atomic mass is 16.6. The number of esters is 1. The standard InChI is InChI=1S/C10H15NO4/c1-10(2,3)15-9(14)8(11-7-13)5-4-6-12/h6,8H,4-5H2,1-3H3. The Bertz CT molecular complexity index is 274. The molecule has 0 saturated heterocycles. The van der Waals surface area contributed by atoms with Gasteiger partial charge in [0.05, 0.1) is 0 Å². The minimum atomic E-state index is -0.924. The quantitative estimate of drug-likeness (QED) is 0.296. The summed E-state index contributed by atoms with van der Waals surface area (Å²) in [5.74, 6) is -0.604. The fraction of sp³-hybridized carbons (Fsp3) is 0.700. The van der Waals surface area contributed by atoms with Crippen LogP contribution in [0, 0.1) is 0 Å². The lowest BCUT2D eigenvalue weighted by Gasteiger charge is -2.21. The number of carbonyl (C=O) groups is 2. The minimum Gasteiger partial charge on any atom is -0.458 e. The second-order valence-corrected chi connectivity index (χ2v) is 4.01. The van der Waals surface area contributed by atoms with E-state index in [1.54, 1.807) is 20.8 Å². The number of ether oxygens (including phenoxy) is 1. The zero-order valence-corrected chi connectivity index (χ0v) is 9.15. The number of rotatable bonds is 5. The maximum Gasteiger partial charge on any atom is 0.332 e. The van der Waals surface area contributed by atoms with Crippen LogP contribution < -0.4 is 0 Å². The number of carbonyl (C=O) groups excluding carboxylic acids is 3. The number of hydrogen-bond donors (Lipinski definition) is 0. The van der Waals surface area contributed by atoms with E-state index in [1.807, 2.05) is 0 Å². The van der Waals surface area contributed by atoms with Gasteiger partial charge in [0.1, 0.15) is 11.9 Å². The van der Waals surface area contributed by atoms with Crippen LogP contribution in [0.15, 0.2) is 4.99 Å². The first kappa shape index (κ1) is 13.5. The van der Waals surface area contributed by atoms with Crippen LogP contribution >= 0.6 is 0 Å². The monoisotopic (exact) mass is 213 g/mol. The molecule has 0 amide bonds. The molecule has 84 valence electrons. The highest BCUT2D eigenvalue weighted by molar-refractivity contribution is 5.77. The van der Waals surface area contributed by atoms with Crippen molar-refractivity contribution in [3.8, 4) is 0 Å². The second-order valence-electron chi connectivity index (χ2n) is 4.01. The number of aliphatic imine (C=N–C) groups is 1. The molecule has 5 nitrogen and oxygen atoms in total. The average molecular weight is 213 g/mol. The van der Waals surface area contributed by atoms with Gasteiger partial charge in [0.25, 0.3) is 0 Å². The van der Waals surface area contributed by atoms with Crippen LogP contribution in [0.5, 0.6) is 0 Å². The van der Waals surface area contributed by atoms with E-state index in [0.717, 1.165) is 0 Å². The Morgan fingerprint density at radius 3 is 2.53 bits per heavy atom. The van der Waals surface area contributed by atoms with Crippen molar-refractivity contribution in [2.45, 2.75) is 45.3 Å². The maximum atomic E-state index is 11.4. The van der Waals surface area contributed by atoms with Crippen molar-refractivity contribution < 1.29 is 19.1 Å². The third kappa shape index (κ3) is 6.57. The third-order valence-electron chi connectivity index (χ3n) is 1.45. The van der Waals surface area contributed by atoms with Crippen molar-refractivity contribution in [2.75, 3.05) is 0 Å². The first-order valence-corrected chi connectivity index (χ1v) is 4.64. The minimum absolute atomic E-state index is 0.162. The fourth-order valence-corrected chi connectivity index (χ4v) is 0.894. The van der Waals surface area contributed by atoms with Crippen LogP contribution in [0.2, 0.25) is 0 Å². The number of isocyanates is 1. The van der Waals surface area contributed by atoms with E-state index in [0.29, 0.717) is 6.29 Å². The molecule has 0 aromatic rings. The van der Waals surface area contributed by atoms with Gasteiger partial charge in [0.15, 0.2) is 6.04 Å². The Kier molecular flexibility index (Phi) is 5.49. The molecule has 15 heavy (non-hydrogen) atoms. The van der Waals surface area contributed by atoms with E-state index >= 15 is 0 Å². The van der Waals surface area contributed by atoms with Gasteiger partial charge in [-0.1, -0.05) is 0 Å². The fourth-order valence-electron chi connectivity index (χ4n) is 0.894. The highest BCUT2D eigenvalue weighted by Gasteiger charge is 2.24. The summed E-state index contributed by atoms with van der Waals surface area (Å²) >= 11 is 0. The molecule has 0 aromatic heterocycles. The van der Waals surface area contributed by atoms with E-state index < -0.39 is 17.6 Å². The molecule has 0 aliphatic rings. The number of hydrogen-bond acceptors (Lipinski definition) is 5. The highest BCUT2D eigenvalue weighted by Crippen LogP contribution is 2.11. The molecule has 0 N–H and O–H groups in total. The van der Waals surface area contributed by atoms with Crippen LogP contribution in [-0.2, 0) is 19.1 Å². The number of nitrogens with zero attached hydrogens (tertiary/aromatic N) is 1. The van der Waals surface area contributed by atoms with E-state index in [4.69, 9.17) is 4.74 Å². The summed E-state index contributed by atoms with van der Waals surface area (Å²) in [5.41, 5.74) is -0.630. The molecule has 0 saturated carbocycles. The van der Waals surface area contributed by atoms with E-state index in [1.165, 1.54) is 6.08 Å². The molecule has 0 radical (unpaired) electrons. The summed E-state index contributed by atoms with van der Waals surface area (Å²) in [6.45, 7) is 5.14. The van der Waals surface area contributed by atoms with Crippen LogP contribution in [0.4, 0.5) is 0 Å². The maximum absolute atomic E-state index is 11.4. The molecule has 0 bridgehead atoms. The predicted molar refractivity (Wildman–Crippen MR) is 53.1 cm³/mol. The van der Waals surface area contributed by atoms with Crippen molar-refractivity contribution in [2.24, 2.45) is 4.99 Å². The number of aldehydes is 1. The normalized spacial score (nSPS) is 12.5. The Morgan fingerprint density at radius 1 is 1.53 bits per heavy atom. The summed E-state index contributed by atoms with van der Waals surface area (Å²) in [7, 11) is 0. The van der Waals surface area contributed by atoms with Crippen molar-refractivity contribution in [3.63, 3.8) is 0 Å². The first-order chi connectivity index (χ1) is 6.90. The van der Waals surface area contributed by atoms with Crippen LogP contribution in [0.1, 0.15) is 33.6 Å². The average Bonchev–Trinajstić information content (AvgIpc) is 2.09. The van der Waals surface area contributed by atoms with Gasteiger partial charge in [-0.15, -0.1) is 0 Å². The lowest BCUT2D eigenvalue weighted by molar-refractivity contribution is -0.156. The molecular formula is C10H15NO4. The largest absolute Gasteiger partial charge is 0.458 e. The molecule has 0 rings (SSSR count). The van der Waals surface area contributed by atoms with Crippen molar-refractivity contribution >= 4 is 18.3 Å². The Balaban J connectivity index is 4.41. The second kappa shape index (κ2) is 6.09. The van der Waals surface area contributed by atoms with E-state index in [2.05, 4.69) is 4.99 Å². The zero-order chi connectivity index (χ0) is 11.9.